The van der Waals surface area contributed by atoms with E-state index in [9.17, 15) is 0 Å². The number of aromatic nitrogens is 2. The van der Waals surface area contributed by atoms with Crippen molar-refractivity contribution in [2.24, 2.45) is 0 Å². The van der Waals surface area contributed by atoms with Crippen molar-refractivity contribution < 1.29 is 0 Å². The molecule has 1 aliphatic rings. The number of anilines is 1. The largest absolute Gasteiger partial charge is 0.310 e. The van der Waals surface area contributed by atoms with Gasteiger partial charge in [0.1, 0.15) is 11.7 Å². The Morgan fingerprint density at radius 3 is 2.90 bits per heavy atom. The summed E-state index contributed by atoms with van der Waals surface area (Å²) in [6.45, 7) is 4.80. The van der Waals surface area contributed by atoms with Gasteiger partial charge in [0.2, 0.25) is 0 Å². The molecule has 2 aromatic rings. The fourth-order valence-electron chi connectivity index (χ4n) is 2.73. The maximum Gasteiger partial charge on any atom is 0.137 e. The fraction of sp³-hybridized carbons (Fsp3) is 0.312. The molecule has 4 nitrogen and oxygen atoms in total. The van der Waals surface area contributed by atoms with E-state index in [1.165, 1.54) is 11.1 Å². The molecule has 4 heteroatoms. The van der Waals surface area contributed by atoms with Crippen LogP contribution in [0, 0.1) is 19.3 Å². The van der Waals surface area contributed by atoms with E-state index in [1.807, 2.05) is 30.2 Å². The third-order valence-corrected chi connectivity index (χ3v) is 3.71. The van der Waals surface area contributed by atoms with Gasteiger partial charge in [0.05, 0.1) is 6.54 Å². The lowest BCUT2D eigenvalue weighted by molar-refractivity contribution is 0.842. The number of hydrogen-bond acceptors (Lipinski definition) is 3. The molecule has 0 aliphatic carbocycles. The first-order chi connectivity index (χ1) is 9.65. The molecule has 1 aliphatic heterocycles. The van der Waals surface area contributed by atoms with Crippen molar-refractivity contribution in [3.63, 3.8) is 0 Å². The van der Waals surface area contributed by atoms with Gasteiger partial charge in [0, 0.05) is 24.5 Å². The van der Waals surface area contributed by atoms with E-state index in [2.05, 4.69) is 23.0 Å². The molecule has 0 aromatic carbocycles. The average molecular weight is 266 g/mol. The van der Waals surface area contributed by atoms with Crippen LogP contribution in [0.25, 0.3) is 0 Å². The molecule has 2 aromatic heterocycles. The molecule has 0 atom stereocenters. The van der Waals surface area contributed by atoms with Crippen LogP contribution < -0.4 is 4.90 Å². The van der Waals surface area contributed by atoms with E-state index in [0.717, 1.165) is 29.9 Å². The molecule has 0 unspecified atom stereocenters. The lowest BCUT2D eigenvalue weighted by Gasteiger charge is -2.31. The van der Waals surface area contributed by atoms with Crippen molar-refractivity contribution in [2.75, 3.05) is 4.90 Å². The molecule has 1 N–H and O–H groups in total. The molecule has 3 rings (SSSR count). The van der Waals surface area contributed by atoms with E-state index < -0.39 is 0 Å². The predicted molar refractivity (Wildman–Crippen MR) is 80.2 cm³/mol. The Kier molecular flexibility index (Phi) is 3.22. The summed E-state index contributed by atoms with van der Waals surface area (Å²) in [5.74, 6) is 1.58. The Labute approximate surface area is 119 Å². The molecule has 0 fully saturated rings. The molecule has 0 amide bonds. The van der Waals surface area contributed by atoms with Crippen molar-refractivity contribution >= 4 is 11.7 Å². The van der Waals surface area contributed by atoms with Gasteiger partial charge in [-0.05, 0) is 49.1 Å². The summed E-state index contributed by atoms with van der Waals surface area (Å²) >= 11 is 0. The SMILES string of the molecule is Cc1cc(C)c2c(n1)N(Cc1cccnc1)C(=N)CC2. The number of hydrogen-bond donors (Lipinski definition) is 1. The molecule has 20 heavy (non-hydrogen) atoms. The minimum Gasteiger partial charge on any atom is -0.310 e. The highest BCUT2D eigenvalue weighted by atomic mass is 15.2. The highest BCUT2D eigenvalue weighted by Gasteiger charge is 2.24. The van der Waals surface area contributed by atoms with Gasteiger partial charge in [-0.2, -0.15) is 0 Å². The second-order valence-corrected chi connectivity index (χ2v) is 5.28. The second kappa shape index (κ2) is 5.04. The molecule has 102 valence electrons. The van der Waals surface area contributed by atoms with E-state index in [0.29, 0.717) is 12.4 Å². The first kappa shape index (κ1) is 12.8. The monoisotopic (exact) mass is 266 g/mol. The van der Waals surface area contributed by atoms with Gasteiger partial charge in [0.25, 0.3) is 0 Å². The Balaban J connectivity index is 2.02. The molecule has 0 saturated carbocycles. The molecular formula is C16H18N4. The number of pyridine rings is 2. The molecule has 0 spiro atoms. The van der Waals surface area contributed by atoms with Crippen molar-refractivity contribution in [1.82, 2.24) is 9.97 Å². The number of aryl methyl sites for hydroxylation is 2. The standard InChI is InChI=1S/C16H18N4/c1-11-8-12(2)19-16-14(11)5-6-15(17)20(16)10-13-4-3-7-18-9-13/h3-4,7-9,17H,5-6,10H2,1-2H3. The summed E-state index contributed by atoms with van der Waals surface area (Å²) in [7, 11) is 0. The number of fused-ring (bicyclic) bond motifs is 1. The van der Waals surface area contributed by atoms with Gasteiger partial charge >= 0.3 is 0 Å². The topological polar surface area (TPSA) is 52.9 Å². The third kappa shape index (κ3) is 2.29. The number of rotatable bonds is 2. The van der Waals surface area contributed by atoms with Crippen LogP contribution in [0.4, 0.5) is 5.82 Å². The quantitative estimate of drug-likeness (QED) is 0.909. The minimum atomic E-state index is 0.638. The fourth-order valence-corrected chi connectivity index (χ4v) is 2.73. The molecular weight excluding hydrogens is 248 g/mol. The van der Waals surface area contributed by atoms with Crippen molar-refractivity contribution in [3.8, 4) is 0 Å². The van der Waals surface area contributed by atoms with E-state index in [4.69, 9.17) is 5.41 Å². The van der Waals surface area contributed by atoms with Gasteiger partial charge in [0.15, 0.2) is 0 Å². The Morgan fingerprint density at radius 2 is 2.15 bits per heavy atom. The van der Waals surface area contributed by atoms with Crippen molar-refractivity contribution in [3.05, 3.63) is 53.0 Å². The first-order valence-electron chi connectivity index (χ1n) is 6.86. The van der Waals surface area contributed by atoms with Crippen LogP contribution >= 0.6 is 0 Å². The van der Waals surface area contributed by atoms with Crippen LogP contribution in [-0.2, 0) is 13.0 Å². The lowest BCUT2D eigenvalue weighted by atomic mass is 9.99. The summed E-state index contributed by atoms with van der Waals surface area (Å²) in [6.07, 6.45) is 5.31. The summed E-state index contributed by atoms with van der Waals surface area (Å²) < 4.78 is 0. The average Bonchev–Trinajstić information content (AvgIpc) is 2.43. The summed E-state index contributed by atoms with van der Waals surface area (Å²) in [6, 6.07) is 6.09. The lowest BCUT2D eigenvalue weighted by Crippen LogP contribution is -2.35. The first-order valence-corrected chi connectivity index (χ1v) is 6.86. The highest BCUT2D eigenvalue weighted by Crippen LogP contribution is 2.30. The Morgan fingerprint density at radius 1 is 1.30 bits per heavy atom. The minimum absolute atomic E-state index is 0.638. The number of nitrogens with zero attached hydrogens (tertiary/aromatic N) is 3. The van der Waals surface area contributed by atoms with Crippen LogP contribution in [0.15, 0.2) is 30.6 Å². The van der Waals surface area contributed by atoms with Crippen molar-refractivity contribution in [2.45, 2.75) is 33.2 Å². The second-order valence-electron chi connectivity index (χ2n) is 5.28. The van der Waals surface area contributed by atoms with Crippen LogP contribution in [-0.4, -0.2) is 15.8 Å². The van der Waals surface area contributed by atoms with Crippen LogP contribution in [0.3, 0.4) is 0 Å². The smallest absolute Gasteiger partial charge is 0.137 e. The number of amidine groups is 1. The zero-order valence-corrected chi connectivity index (χ0v) is 11.8. The predicted octanol–water partition coefficient (Wildman–Crippen LogP) is 3.02. The maximum atomic E-state index is 8.23. The van der Waals surface area contributed by atoms with E-state index in [-0.39, 0.29) is 0 Å². The molecule has 0 saturated heterocycles. The Hall–Kier alpha value is -2.23. The van der Waals surface area contributed by atoms with Crippen molar-refractivity contribution in [1.29, 1.82) is 5.41 Å². The van der Waals surface area contributed by atoms with Crippen LogP contribution in [0.1, 0.15) is 28.8 Å². The summed E-state index contributed by atoms with van der Waals surface area (Å²) in [5.41, 5.74) is 4.66. The van der Waals surface area contributed by atoms with Gasteiger partial charge in [-0.15, -0.1) is 0 Å². The Bertz CT molecular complexity index is 649. The van der Waals surface area contributed by atoms with Gasteiger partial charge in [-0.3, -0.25) is 10.4 Å². The normalized spacial score (nSPS) is 14.3. The summed E-state index contributed by atoms with van der Waals surface area (Å²) in [5, 5.41) is 8.23. The number of nitrogens with one attached hydrogen (secondary N) is 1. The maximum absolute atomic E-state index is 8.23. The van der Waals surface area contributed by atoms with E-state index >= 15 is 0 Å². The van der Waals surface area contributed by atoms with Crippen LogP contribution in [0.2, 0.25) is 0 Å². The van der Waals surface area contributed by atoms with Gasteiger partial charge in [-0.25, -0.2) is 4.98 Å². The zero-order valence-electron chi connectivity index (χ0n) is 11.8. The zero-order chi connectivity index (χ0) is 14.1. The summed E-state index contributed by atoms with van der Waals surface area (Å²) in [4.78, 5) is 10.8. The molecule has 0 bridgehead atoms. The van der Waals surface area contributed by atoms with Gasteiger partial charge < -0.3 is 4.90 Å². The van der Waals surface area contributed by atoms with E-state index in [1.54, 1.807) is 6.20 Å². The highest BCUT2D eigenvalue weighted by molar-refractivity contribution is 5.97. The van der Waals surface area contributed by atoms with Gasteiger partial charge in [-0.1, -0.05) is 6.07 Å². The van der Waals surface area contributed by atoms with Crippen LogP contribution in [0.5, 0.6) is 0 Å². The molecule has 0 radical (unpaired) electrons. The molecule has 3 heterocycles. The third-order valence-electron chi connectivity index (χ3n) is 3.71.